The number of thiocarbonyl (C=S) groups is 1. The van der Waals surface area contributed by atoms with Crippen molar-refractivity contribution in [3.8, 4) is 11.5 Å². The van der Waals surface area contributed by atoms with E-state index in [-0.39, 0.29) is 29.1 Å². The first-order valence-electron chi connectivity index (χ1n) is 11.7. The Hall–Kier alpha value is -4.44. The molecule has 0 radical (unpaired) electrons. The van der Waals surface area contributed by atoms with E-state index in [0.29, 0.717) is 23.6 Å². The van der Waals surface area contributed by atoms with E-state index in [9.17, 15) is 14.4 Å². The van der Waals surface area contributed by atoms with E-state index in [0.717, 1.165) is 18.6 Å². The van der Waals surface area contributed by atoms with Gasteiger partial charge in [-0.1, -0.05) is 30.3 Å². The number of benzene rings is 3. The van der Waals surface area contributed by atoms with Gasteiger partial charge in [-0.2, -0.15) is 0 Å². The van der Waals surface area contributed by atoms with Gasteiger partial charge < -0.3 is 14.8 Å². The molecule has 4 N–H and O–H groups in total. The first-order valence-corrected chi connectivity index (χ1v) is 12.1. The molecule has 9 nitrogen and oxygen atoms in total. The van der Waals surface area contributed by atoms with E-state index >= 15 is 0 Å². The number of carbonyl (C=O) groups excluding carboxylic acids is 3. The van der Waals surface area contributed by atoms with E-state index < -0.39 is 11.8 Å². The quantitative estimate of drug-likeness (QED) is 0.195. The zero-order valence-corrected chi connectivity index (χ0v) is 20.7. The number of hydrogen-bond acceptors (Lipinski definition) is 6. The molecule has 0 unspecified atom stereocenters. The molecule has 3 aromatic rings. The highest BCUT2D eigenvalue weighted by Gasteiger charge is 2.29. The number of nitrogens with one attached hydrogen (secondary N) is 4. The van der Waals surface area contributed by atoms with Gasteiger partial charge in [0.25, 0.3) is 11.8 Å². The second-order valence-corrected chi connectivity index (χ2v) is 8.62. The highest BCUT2D eigenvalue weighted by atomic mass is 32.1. The lowest BCUT2D eigenvalue weighted by molar-refractivity contribution is -0.117. The number of anilines is 1. The molecule has 37 heavy (non-hydrogen) atoms. The Morgan fingerprint density at radius 2 is 1.46 bits per heavy atom. The molecule has 0 bridgehead atoms. The summed E-state index contributed by atoms with van der Waals surface area (Å²) in [5, 5.41) is 5.24. The number of hydrazine groups is 1. The molecule has 0 aromatic heterocycles. The summed E-state index contributed by atoms with van der Waals surface area (Å²) in [6, 6.07) is 22.5. The smallest absolute Gasteiger partial charge is 0.269 e. The van der Waals surface area contributed by atoms with Crippen LogP contribution >= 0.6 is 12.2 Å². The van der Waals surface area contributed by atoms with Gasteiger partial charge in [-0.15, -0.1) is 0 Å². The number of hydrogen-bond donors (Lipinski definition) is 4. The molecule has 190 valence electrons. The molecule has 1 aliphatic carbocycles. The van der Waals surface area contributed by atoms with Crippen molar-refractivity contribution in [1.29, 1.82) is 0 Å². The van der Waals surface area contributed by atoms with Crippen molar-refractivity contribution in [3.05, 3.63) is 90.0 Å². The normalized spacial score (nSPS) is 12.1. The number of para-hydroxylation sites is 2. The lowest BCUT2D eigenvalue weighted by Gasteiger charge is -2.14. The van der Waals surface area contributed by atoms with Crippen LogP contribution in [0.25, 0.3) is 0 Å². The van der Waals surface area contributed by atoms with Crippen molar-refractivity contribution >= 4 is 40.7 Å². The van der Waals surface area contributed by atoms with Crippen molar-refractivity contribution < 1.29 is 23.9 Å². The van der Waals surface area contributed by atoms with Crippen molar-refractivity contribution in [1.82, 2.24) is 16.2 Å². The Balaban J connectivity index is 1.22. The fourth-order valence-electron chi connectivity index (χ4n) is 3.29. The molecule has 4 rings (SSSR count). The largest absolute Gasteiger partial charge is 0.490 e. The third kappa shape index (κ3) is 7.77. The summed E-state index contributed by atoms with van der Waals surface area (Å²) >= 11 is 5.13. The Bertz CT molecular complexity index is 1260. The van der Waals surface area contributed by atoms with Gasteiger partial charge in [0.2, 0.25) is 5.91 Å². The molecule has 1 fully saturated rings. The summed E-state index contributed by atoms with van der Waals surface area (Å²) in [6.45, 7) is 0.542. The van der Waals surface area contributed by atoms with Gasteiger partial charge in [0.1, 0.15) is 24.7 Å². The summed E-state index contributed by atoms with van der Waals surface area (Å²) in [6.07, 6.45) is 1.83. The van der Waals surface area contributed by atoms with Crippen molar-refractivity contribution in [3.63, 3.8) is 0 Å². The molecule has 3 amide bonds. The zero-order chi connectivity index (χ0) is 26.0. The topological polar surface area (TPSA) is 118 Å². The Labute approximate surface area is 219 Å². The second-order valence-electron chi connectivity index (χ2n) is 8.21. The van der Waals surface area contributed by atoms with Crippen LogP contribution in [0.5, 0.6) is 11.5 Å². The predicted octanol–water partition coefficient (Wildman–Crippen LogP) is 3.44. The monoisotopic (exact) mass is 518 g/mol. The lowest BCUT2D eigenvalue weighted by Crippen LogP contribution is -2.48. The molecule has 1 aliphatic rings. The lowest BCUT2D eigenvalue weighted by atomic mass is 10.2. The number of ether oxygens (including phenoxy) is 2. The van der Waals surface area contributed by atoms with E-state index in [1.54, 1.807) is 48.5 Å². The van der Waals surface area contributed by atoms with Crippen LogP contribution < -0.4 is 31.0 Å². The van der Waals surface area contributed by atoms with Crippen LogP contribution in [-0.2, 0) is 4.79 Å². The number of amides is 3. The summed E-state index contributed by atoms with van der Waals surface area (Å²) < 4.78 is 11.3. The van der Waals surface area contributed by atoms with Gasteiger partial charge in [-0.05, 0) is 73.6 Å². The maximum atomic E-state index is 12.7. The SMILES string of the molecule is O=C(NNC(=S)NC(=O)c1ccccc1OCCOc1ccccc1)c1ccc(NC(=O)C2CC2)cc1. The first kappa shape index (κ1) is 25.6. The van der Waals surface area contributed by atoms with E-state index in [1.165, 1.54) is 0 Å². The third-order valence-electron chi connectivity index (χ3n) is 5.36. The van der Waals surface area contributed by atoms with Crippen LogP contribution in [0.1, 0.15) is 33.6 Å². The fraction of sp³-hybridized carbons (Fsp3) is 0.185. The van der Waals surface area contributed by atoms with Gasteiger partial charge in [-0.25, -0.2) is 0 Å². The van der Waals surface area contributed by atoms with Crippen LogP contribution in [-0.4, -0.2) is 36.0 Å². The average molecular weight is 519 g/mol. The van der Waals surface area contributed by atoms with Gasteiger partial charge >= 0.3 is 0 Å². The minimum absolute atomic E-state index is 0.00699. The summed E-state index contributed by atoms with van der Waals surface area (Å²) in [5.41, 5.74) is 6.20. The standard InChI is InChI=1S/C27H26N4O5S/c32-24(18-10-11-18)28-20-14-12-19(13-15-20)25(33)30-31-27(37)29-26(34)22-8-4-5-9-23(22)36-17-16-35-21-6-2-1-3-7-21/h1-9,12-15,18H,10-11,16-17H2,(H,28,32)(H,30,33)(H2,29,31,34,37). The van der Waals surface area contributed by atoms with Crippen LogP contribution in [0.15, 0.2) is 78.9 Å². The van der Waals surface area contributed by atoms with E-state index in [2.05, 4.69) is 21.5 Å². The zero-order valence-electron chi connectivity index (χ0n) is 19.9. The molecule has 0 aliphatic heterocycles. The van der Waals surface area contributed by atoms with Gasteiger partial charge in [-0.3, -0.25) is 30.6 Å². The number of rotatable bonds is 9. The molecular weight excluding hydrogens is 492 g/mol. The minimum atomic E-state index is -0.498. The van der Waals surface area contributed by atoms with Crippen LogP contribution in [0.3, 0.4) is 0 Å². The summed E-state index contributed by atoms with van der Waals surface area (Å²) in [7, 11) is 0. The Kier molecular flexibility index (Phi) is 8.66. The first-order chi connectivity index (χ1) is 18.0. The number of carbonyl (C=O) groups is 3. The van der Waals surface area contributed by atoms with Gasteiger partial charge in [0.15, 0.2) is 5.11 Å². The van der Waals surface area contributed by atoms with Crippen LogP contribution in [0, 0.1) is 5.92 Å². The maximum absolute atomic E-state index is 12.7. The summed E-state index contributed by atoms with van der Waals surface area (Å²) in [4.78, 5) is 37.0. The van der Waals surface area contributed by atoms with Crippen LogP contribution in [0.4, 0.5) is 5.69 Å². The molecule has 3 aromatic carbocycles. The van der Waals surface area contributed by atoms with Gasteiger partial charge in [0, 0.05) is 17.2 Å². The molecule has 10 heteroatoms. The molecule has 0 spiro atoms. The van der Waals surface area contributed by atoms with Crippen molar-refractivity contribution in [2.24, 2.45) is 5.92 Å². The Morgan fingerprint density at radius 1 is 0.784 bits per heavy atom. The van der Waals surface area contributed by atoms with E-state index in [1.807, 2.05) is 30.3 Å². The molecular formula is C27H26N4O5S. The van der Waals surface area contributed by atoms with Gasteiger partial charge in [0.05, 0.1) is 5.56 Å². The minimum Gasteiger partial charge on any atom is -0.490 e. The molecule has 0 saturated heterocycles. The molecule has 0 heterocycles. The highest BCUT2D eigenvalue weighted by molar-refractivity contribution is 7.80. The second kappa shape index (κ2) is 12.5. The highest BCUT2D eigenvalue weighted by Crippen LogP contribution is 2.30. The van der Waals surface area contributed by atoms with E-state index in [4.69, 9.17) is 21.7 Å². The molecule has 0 atom stereocenters. The summed E-state index contributed by atoms with van der Waals surface area (Å²) in [5.74, 6) is 0.230. The maximum Gasteiger partial charge on any atom is 0.269 e. The van der Waals surface area contributed by atoms with Crippen molar-refractivity contribution in [2.75, 3.05) is 18.5 Å². The third-order valence-corrected chi connectivity index (χ3v) is 5.57. The van der Waals surface area contributed by atoms with Crippen molar-refractivity contribution in [2.45, 2.75) is 12.8 Å². The molecule has 1 saturated carbocycles. The van der Waals surface area contributed by atoms with Crippen LogP contribution in [0.2, 0.25) is 0 Å². The average Bonchev–Trinajstić information content (AvgIpc) is 3.77. The Morgan fingerprint density at radius 3 is 2.19 bits per heavy atom. The fourth-order valence-corrected chi connectivity index (χ4v) is 3.43. The predicted molar refractivity (Wildman–Crippen MR) is 142 cm³/mol.